The zero-order valence-corrected chi connectivity index (χ0v) is 17.5. The molecule has 0 saturated carbocycles. The maximum Gasteiger partial charge on any atom is 0.419 e. The van der Waals surface area contributed by atoms with Gasteiger partial charge in [0, 0.05) is 24.7 Å². The third-order valence-corrected chi connectivity index (χ3v) is 5.09. The van der Waals surface area contributed by atoms with E-state index < -0.39 is 11.7 Å². The molecule has 3 aromatic rings. The minimum atomic E-state index is -4.50. The number of carbonyl (C=O) groups is 1. The number of nitrogens with zero attached hydrogens (tertiary/aromatic N) is 2. The summed E-state index contributed by atoms with van der Waals surface area (Å²) in [5.41, 5.74) is 0.630. The summed E-state index contributed by atoms with van der Waals surface area (Å²) in [6.07, 6.45) is -3.15. The van der Waals surface area contributed by atoms with Crippen molar-refractivity contribution in [2.75, 3.05) is 25.0 Å². The zero-order chi connectivity index (χ0) is 22.3. The molecule has 0 radical (unpaired) electrons. The summed E-state index contributed by atoms with van der Waals surface area (Å²) in [4.78, 5) is 20.4. The van der Waals surface area contributed by atoms with Gasteiger partial charge in [-0.2, -0.15) is 13.2 Å². The first kappa shape index (κ1) is 22.5. The largest absolute Gasteiger partial charge is 0.493 e. The number of ether oxygens (including phenoxy) is 1. The fraction of sp³-hybridized carbons (Fsp3) is 0.286. The lowest BCUT2D eigenvalue weighted by Crippen LogP contribution is -2.30. The van der Waals surface area contributed by atoms with Crippen LogP contribution in [-0.4, -0.2) is 35.6 Å². The quantitative estimate of drug-likeness (QED) is 0.473. The number of nitrogens with one attached hydrogen (secondary N) is 2. The second kappa shape index (κ2) is 10.3. The molecule has 1 amide bonds. The lowest BCUT2D eigenvalue weighted by molar-refractivity contribution is -0.137. The van der Waals surface area contributed by atoms with Crippen LogP contribution < -0.4 is 15.4 Å². The summed E-state index contributed by atoms with van der Waals surface area (Å²) in [6.45, 7) is 2.70. The molecule has 0 unspecified atom stereocenters. The Bertz CT molecular complexity index is 1020. The van der Waals surface area contributed by atoms with Gasteiger partial charge in [0.1, 0.15) is 16.6 Å². The van der Waals surface area contributed by atoms with E-state index in [-0.39, 0.29) is 31.2 Å². The predicted molar refractivity (Wildman–Crippen MR) is 113 cm³/mol. The van der Waals surface area contributed by atoms with Crippen LogP contribution >= 0.6 is 11.3 Å². The molecule has 0 aliphatic heterocycles. The van der Waals surface area contributed by atoms with Crippen molar-refractivity contribution in [3.8, 4) is 16.3 Å². The van der Waals surface area contributed by atoms with Gasteiger partial charge < -0.3 is 15.4 Å². The zero-order valence-electron chi connectivity index (χ0n) is 16.7. The number of hydrogen-bond donors (Lipinski definition) is 2. The molecule has 6 nitrogen and oxygen atoms in total. The maximum absolute atomic E-state index is 13.0. The van der Waals surface area contributed by atoms with Crippen molar-refractivity contribution in [2.45, 2.75) is 19.5 Å². The average molecular weight is 450 g/mol. The number of alkyl halides is 3. The SMILES string of the molecule is CCOc1ccccc1-c1nc(CC(=O)NCCNc2ncccc2C(F)(F)F)cs1. The van der Waals surface area contributed by atoms with Crippen LogP contribution in [0.1, 0.15) is 18.2 Å². The monoisotopic (exact) mass is 450 g/mol. The van der Waals surface area contributed by atoms with Crippen LogP contribution in [0.15, 0.2) is 48.0 Å². The average Bonchev–Trinajstić information content (AvgIpc) is 3.19. The van der Waals surface area contributed by atoms with Crippen LogP contribution in [-0.2, 0) is 17.4 Å². The molecule has 10 heteroatoms. The number of para-hydroxylation sites is 1. The van der Waals surface area contributed by atoms with Crippen molar-refractivity contribution in [1.29, 1.82) is 0 Å². The lowest BCUT2D eigenvalue weighted by Gasteiger charge is -2.13. The molecule has 0 fully saturated rings. The second-order valence-corrected chi connectivity index (χ2v) is 7.28. The molecule has 0 aliphatic carbocycles. The molecular formula is C21H21F3N4O2S. The van der Waals surface area contributed by atoms with E-state index in [1.165, 1.54) is 23.6 Å². The van der Waals surface area contributed by atoms with Crippen LogP contribution in [0.25, 0.3) is 10.6 Å². The summed E-state index contributed by atoms with van der Waals surface area (Å²) in [7, 11) is 0. The third kappa shape index (κ3) is 6.17. The number of rotatable bonds is 9. The summed E-state index contributed by atoms with van der Waals surface area (Å²) >= 11 is 1.42. The predicted octanol–water partition coefficient (Wildman–Crippen LogP) is 4.39. The third-order valence-electron chi connectivity index (χ3n) is 4.16. The Labute approximate surface area is 181 Å². The van der Waals surface area contributed by atoms with E-state index in [1.807, 2.05) is 31.2 Å². The molecule has 0 bridgehead atoms. The molecule has 0 aliphatic rings. The molecule has 0 spiro atoms. The Balaban J connectivity index is 1.51. The van der Waals surface area contributed by atoms with Gasteiger partial charge in [-0.1, -0.05) is 12.1 Å². The standard InChI is InChI=1S/C21H21F3N4O2S/c1-2-30-17-8-4-3-6-15(17)20-28-14(13-31-20)12-18(29)25-10-11-27-19-16(21(22,23)24)7-5-9-26-19/h3-9,13H,2,10-12H2,1H3,(H,25,29)(H,26,27). The van der Waals surface area contributed by atoms with Crippen LogP contribution in [0.3, 0.4) is 0 Å². The van der Waals surface area contributed by atoms with E-state index >= 15 is 0 Å². The number of aromatic nitrogens is 2. The molecule has 2 aromatic heterocycles. The number of thiazole rings is 1. The fourth-order valence-electron chi connectivity index (χ4n) is 2.82. The Morgan fingerprint density at radius 2 is 1.97 bits per heavy atom. The van der Waals surface area contributed by atoms with Gasteiger partial charge in [0.2, 0.25) is 5.91 Å². The van der Waals surface area contributed by atoms with Gasteiger partial charge in [0.05, 0.1) is 29.8 Å². The number of halogens is 3. The number of amides is 1. The Morgan fingerprint density at radius 3 is 2.74 bits per heavy atom. The van der Waals surface area contributed by atoms with Gasteiger partial charge in [0.15, 0.2) is 0 Å². The Kier molecular flexibility index (Phi) is 7.45. The van der Waals surface area contributed by atoms with E-state index in [0.717, 1.165) is 22.4 Å². The normalized spacial score (nSPS) is 11.2. The molecule has 3 rings (SSSR count). The van der Waals surface area contributed by atoms with Gasteiger partial charge in [-0.15, -0.1) is 11.3 Å². The number of anilines is 1. The van der Waals surface area contributed by atoms with Crippen molar-refractivity contribution < 1.29 is 22.7 Å². The molecule has 0 atom stereocenters. The van der Waals surface area contributed by atoms with E-state index in [2.05, 4.69) is 20.6 Å². The highest BCUT2D eigenvalue weighted by atomic mass is 32.1. The molecule has 2 N–H and O–H groups in total. The van der Waals surface area contributed by atoms with E-state index in [0.29, 0.717) is 12.3 Å². The van der Waals surface area contributed by atoms with Crippen LogP contribution in [0.2, 0.25) is 0 Å². The number of pyridine rings is 1. The van der Waals surface area contributed by atoms with Crippen molar-refractivity contribution in [3.63, 3.8) is 0 Å². The summed E-state index contributed by atoms with van der Waals surface area (Å²) in [5.74, 6) is 0.198. The molecule has 2 heterocycles. The lowest BCUT2D eigenvalue weighted by atomic mass is 10.2. The molecule has 0 saturated heterocycles. The van der Waals surface area contributed by atoms with Crippen LogP contribution in [0, 0.1) is 0 Å². The smallest absolute Gasteiger partial charge is 0.419 e. The summed E-state index contributed by atoms with van der Waals surface area (Å²) < 4.78 is 44.5. The van der Waals surface area contributed by atoms with Crippen molar-refractivity contribution in [3.05, 3.63) is 59.2 Å². The highest BCUT2D eigenvalue weighted by Crippen LogP contribution is 2.33. The first-order valence-electron chi connectivity index (χ1n) is 9.58. The van der Waals surface area contributed by atoms with Crippen molar-refractivity contribution in [1.82, 2.24) is 15.3 Å². The molecule has 164 valence electrons. The maximum atomic E-state index is 13.0. The number of carbonyl (C=O) groups excluding carboxylic acids is 1. The molecule has 31 heavy (non-hydrogen) atoms. The number of benzene rings is 1. The number of hydrogen-bond acceptors (Lipinski definition) is 6. The topological polar surface area (TPSA) is 76.1 Å². The van der Waals surface area contributed by atoms with E-state index in [4.69, 9.17) is 4.74 Å². The Morgan fingerprint density at radius 1 is 1.16 bits per heavy atom. The van der Waals surface area contributed by atoms with Gasteiger partial charge in [-0.25, -0.2) is 9.97 Å². The van der Waals surface area contributed by atoms with Gasteiger partial charge in [0.25, 0.3) is 0 Å². The first-order valence-corrected chi connectivity index (χ1v) is 10.5. The highest BCUT2D eigenvalue weighted by molar-refractivity contribution is 7.13. The molecule has 1 aromatic carbocycles. The summed E-state index contributed by atoms with van der Waals surface area (Å²) in [6, 6.07) is 9.73. The van der Waals surface area contributed by atoms with Gasteiger partial charge >= 0.3 is 6.18 Å². The van der Waals surface area contributed by atoms with Crippen molar-refractivity contribution in [2.24, 2.45) is 0 Å². The minimum Gasteiger partial charge on any atom is -0.493 e. The van der Waals surface area contributed by atoms with Crippen molar-refractivity contribution >= 4 is 23.1 Å². The van der Waals surface area contributed by atoms with E-state index in [1.54, 1.807) is 5.38 Å². The fourth-order valence-corrected chi connectivity index (χ4v) is 3.67. The van der Waals surface area contributed by atoms with E-state index in [9.17, 15) is 18.0 Å². The van der Waals surface area contributed by atoms with Crippen LogP contribution in [0.5, 0.6) is 5.75 Å². The molecular weight excluding hydrogens is 429 g/mol. The first-order chi connectivity index (χ1) is 14.9. The Hall–Kier alpha value is -3.14. The van der Waals surface area contributed by atoms with Gasteiger partial charge in [-0.3, -0.25) is 4.79 Å². The minimum absolute atomic E-state index is 0.0741. The second-order valence-electron chi connectivity index (χ2n) is 6.42. The highest BCUT2D eigenvalue weighted by Gasteiger charge is 2.33. The summed E-state index contributed by atoms with van der Waals surface area (Å²) in [5, 5.41) is 7.84. The van der Waals surface area contributed by atoms with Crippen LogP contribution in [0.4, 0.5) is 19.0 Å². The van der Waals surface area contributed by atoms with Gasteiger partial charge in [-0.05, 0) is 31.2 Å².